The van der Waals surface area contributed by atoms with E-state index in [1.54, 1.807) is 19.5 Å². The number of methoxy groups -OCH3 is 1. The maximum absolute atomic E-state index is 12.0. The Kier molecular flexibility index (Phi) is 6.71. The van der Waals surface area contributed by atoms with Crippen molar-refractivity contribution in [3.05, 3.63) is 30.1 Å². The number of nitrogens with one attached hydrogen (secondary N) is 2. The minimum Gasteiger partial charge on any atom is -0.382 e. The minimum absolute atomic E-state index is 0.120. The quantitative estimate of drug-likeness (QED) is 0.691. The summed E-state index contributed by atoms with van der Waals surface area (Å²) in [6.07, 6.45) is 4.49. The molecular formula is C16H22N4O3. The molecule has 2 rings (SSSR count). The van der Waals surface area contributed by atoms with E-state index < -0.39 is 0 Å². The van der Waals surface area contributed by atoms with Crippen molar-refractivity contribution >= 4 is 11.7 Å². The van der Waals surface area contributed by atoms with Gasteiger partial charge in [-0.05, 0) is 18.6 Å². The number of ether oxygens (including phenoxy) is 2. The number of anilines is 1. The highest BCUT2D eigenvalue weighted by molar-refractivity contribution is 5.91. The summed E-state index contributed by atoms with van der Waals surface area (Å²) in [6, 6.07) is 3.81. The summed E-state index contributed by atoms with van der Waals surface area (Å²) in [7, 11) is 1.61. The van der Waals surface area contributed by atoms with Crippen LogP contribution in [0.3, 0.4) is 0 Å². The number of amides is 1. The van der Waals surface area contributed by atoms with Gasteiger partial charge in [0.05, 0.1) is 31.9 Å². The monoisotopic (exact) mass is 318 g/mol. The van der Waals surface area contributed by atoms with E-state index in [0.717, 1.165) is 23.2 Å². The van der Waals surface area contributed by atoms with E-state index >= 15 is 0 Å². The van der Waals surface area contributed by atoms with Gasteiger partial charge in [0.2, 0.25) is 5.91 Å². The van der Waals surface area contributed by atoms with Crippen molar-refractivity contribution in [2.75, 3.05) is 32.2 Å². The van der Waals surface area contributed by atoms with Gasteiger partial charge in [-0.3, -0.25) is 14.9 Å². The molecule has 23 heavy (non-hydrogen) atoms. The Labute approximate surface area is 135 Å². The zero-order chi connectivity index (χ0) is 16.5. The SMILES string of the molecule is CCc1c(NC(=O)CCOCCOC)n[nH]c1-c1ccncc1. The topological polar surface area (TPSA) is 89.1 Å². The first kappa shape index (κ1) is 17.1. The number of carbonyl (C=O) groups excluding carboxylic acids is 1. The third-order valence-electron chi connectivity index (χ3n) is 3.35. The summed E-state index contributed by atoms with van der Waals surface area (Å²) in [5.74, 6) is 0.450. The smallest absolute Gasteiger partial charge is 0.227 e. The van der Waals surface area contributed by atoms with E-state index in [-0.39, 0.29) is 12.3 Å². The Morgan fingerprint density at radius 3 is 2.74 bits per heavy atom. The van der Waals surface area contributed by atoms with E-state index in [2.05, 4.69) is 20.5 Å². The van der Waals surface area contributed by atoms with Crippen molar-refractivity contribution in [3.63, 3.8) is 0 Å². The van der Waals surface area contributed by atoms with Crippen LogP contribution in [0, 0.1) is 0 Å². The first-order valence-corrected chi connectivity index (χ1v) is 7.60. The van der Waals surface area contributed by atoms with Gasteiger partial charge in [-0.2, -0.15) is 5.10 Å². The summed E-state index contributed by atoms with van der Waals surface area (Å²) in [6.45, 7) is 3.40. The summed E-state index contributed by atoms with van der Waals surface area (Å²) < 4.78 is 10.2. The maximum Gasteiger partial charge on any atom is 0.227 e. The third kappa shape index (κ3) is 4.87. The molecule has 0 saturated heterocycles. The largest absolute Gasteiger partial charge is 0.382 e. The molecule has 0 radical (unpaired) electrons. The van der Waals surface area contributed by atoms with E-state index in [1.807, 2.05) is 19.1 Å². The van der Waals surface area contributed by atoms with Crippen LogP contribution in [0.25, 0.3) is 11.3 Å². The molecule has 0 aliphatic rings. The van der Waals surface area contributed by atoms with Gasteiger partial charge in [0.1, 0.15) is 0 Å². The minimum atomic E-state index is -0.120. The molecule has 2 N–H and O–H groups in total. The van der Waals surface area contributed by atoms with Crippen molar-refractivity contribution in [3.8, 4) is 11.3 Å². The molecule has 0 bridgehead atoms. The molecule has 124 valence electrons. The second kappa shape index (κ2) is 9.02. The fraction of sp³-hybridized carbons (Fsp3) is 0.438. The van der Waals surface area contributed by atoms with Crippen molar-refractivity contribution in [1.29, 1.82) is 0 Å². The Morgan fingerprint density at radius 1 is 1.26 bits per heavy atom. The number of aromatic nitrogens is 3. The number of aromatic amines is 1. The van der Waals surface area contributed by atoms with Gasteiger partial charge in [0, 0.05) is 30.6 Å². The van der Waals surface area contributed by atoms with Crippen LogP contribution in [0.1, 0.15) is 18.9 Å². The van der Waals surface area contributed by atoms with Gasteiger partial charge in [-0.15, -0.1) is 0 Å². The van der Waals surface area contributed by atoms with Crippen molar-refractivity contribution in [2.24, 2.45) is 0 Å². The number of pyridine rings is 1. The van der Waals surface area contributed by atoms with Gasteiger partial charge in [0.15, 0.2) is 5.82 Å². The standard InChI is InChI=1S/C16H22N4O3/c1-3-13-15(12-4-7-17-8-5-12)19-20-16(13)18-14(21)6-9-23-11-10-22-2/h4-5,7-8H,3,6,9-11H2,1-2H3,(H2,18,19,20,21). The van der Waals surface area contributed by atoms with Crippen LogP contribution in [-0.4, -0.2) is 48.0 Å². The first-order valence-electron chi connectivity index (χ1n) is 7.60. The number of carbonyl (C=O) groups is 1. The molecule has 1 amide bonds. The lowest BCUT2D eigenvalue weighted by molar-refractivity contribution is -0.117. The van der Waals surface area contributed by atoms with Gasteiger partial charge in [-0.25, -0.2) is 0 Å². The lowest BCUT2D eigenvalue weighted by Gasteiger charge is -2.06. The first-order chi connectivity index (χ1) is 11.3. The fourth-order valence-electron chi connectivity index (χ4n) is 2.17. The van der Waals surface area contributed by atoms with Crippen LogP contribution in [0.5, 0.6) is 0 Å². The number of hydrogen-bond acceptors (Lipinski definition) is 5. The van der Waals surface area contributed by atoms with Crippen LogP contribution in [0.15, 0.2) is 24.5 Å². The summed E-state index contributed by atoms with van der Waals surface area (Å²) in [4.78, 5) is 16.0. The summed E-state index contributed by atoms with van der Waals surface area (Å²) in [5.41, 5.74) is 2.87. The van der Waals surface area contributed by atoms with Crippen LogP contribution in [-0.2, 0) is 20.7 Å². The molecule has 7 heteroatoms. The van der Waals surface area contributed by atoms with Crippen LogP contribution in [0.4, 0.5) is 5.82 Å². The summed E-state index contributed by atoms with van der Waals surface area (Å²) >= 11 is 0. The predicted octanol–water partition coefficient (Wildman–Crippen LogP) is 2.03. The Balaban J connectivity index is 1.95. The molecule has 2 heterocycles. The summed E-state index contributed by atoms with van der Waals surface area (Å²) in [5, 5.41) is 10.0. The van der Waals surface area contributed by atoms with Gasteiger partial charge >= 0.3 is 0 Å². The van der Waals surface area contributed by atoms with Crippen molar-refractivity contribution in [2.45, 2.75) is 19.8 Å². The average Bonchev–Trinajstić information content (AvgIpc) is 2.98. The van der Waals surface area contributed by atoms with Crippen LogP contribution >= 0.6 is 0 Å². The number of H-pyrrole nitrogens is 1. The Hall–Kier alpha value is -2.25. The number of nitrogens with zero attached hydrogens (tertiary/aromatic N) is 2. The molecule has 0 fully saturated rings. The van der Waals surface area contributed by atoms with Crippen LogP contribution in [0.2, 0.25) is 0 Å². The molecule has 0 spiro atoms. The zero-order valence-corrected chi connectivity index (χ0v) is 13.5. The highest BCUT2D eigenvalue weighted by atomic mass is 16.5. The highest BCUT2D eigenvalue weighted by Crippen LogP contribution is 2.26. The predicted molar refractivity (Wildman–Crippen MR) is 87.1 cm³/mol. The average molecular weight is 318 g/mol. The number of hydrogen-bond donors (Lipinski definition) is 2. The molecule has 0 saturated carbocycles. The van der Waals surface area contributed by atoms with Gasteiger partial charge < -0.3 is 14.8 Å². The Bertz CT molecular complexity index is 613. The molecule has 0 aliphatic carbocycles. The lowest BCUT2D eigenvalue weighted by atomic mass is 10.1. The third-order valence-corrected chi connectivity index (χ3v) is 3.35. The molecule has 0 unspecified atom stereocenters. The zero-order valence-electron chi connectivity index (χ0n) is 13.5. The van der Waals surface area contributed by atoms with E-state index in [4.69, 9.17) is 9.47 Å². The molecule has 2 aromatic rings. The van der Waals surface area contributed by atoms with Gasteiger partial charge in [-0.1, -0.05) is 6.92 Å². The second-order valence-electron chi connectivity index (χ2n) is 4.92. The number of rotatable bonds is 9. The van der Waals surface area contributed by atoms with E-state index in [1.165, 1.54) is 0 Å². The molecule has 2 aromatic heterocycles. The molecule has 0 atom stereocenters. The highest BCUT2D eigenvalue weighted by Gasteiger charge is 2.15. The van der Waals surface area contributed by atoms with E-state index in [0.29, 0.717) is 25.6 Å². The van der Waals surface area contributed by atoms with E-state index in [9.17, 15) is 4.79 Å². The lowest BCUT2D eigenvalue weighted by Crippen LogP contribution is -2.16. The normalized spacial score (nSPS) is 10.7. The van der Waals surface area contributed by atoms with Crippen molar-refractivity contribution < 1.29 is 14.3 Å². The second-order valence-corrected chi connectivity index (χ2v) is 4.92. The Morgan fingerprint density at radius 2 is 2.04 bits per heavy atom. The van der Waals surface area contributed by atoms with Crippen LogP contribution < -0.4 is 5.32 Å². The molecule has 7 nitrogen and oxygen atoms in total. The molecular weight excluding hydrogens is 296 g/mol. The van der Waals surface area contributed by atoms with Crippen molar-refractivity contribution in [1.82, 2.24) is 15.2 Å². The molecule has 0 aromatic carbocycles. The maximum atomic E-state index is 12.0. The van der Waals surface area contributed by atoms with Gasteiger partial charge in [0.25, 0.3) is 0 Å². The fourth-order valence-corrected chi connectivity index (χ4v) is 2.17. The molecule has 0 aliphatic heterocycles.